The van der Waals surface area contributed by atoms with Crippen LogP contribution in [0.4, 0.5) is 5.69 Å². The minimum atomic E-state index is -0.120. The number of allylic oxidation sites excluding steroid dienone is 5. The summed E-state index contributed by atoms with van der Waals surface area (Å²) in [5.41, 5.74) is 4.51. The van der Waals surface area contributed by atoms with E-state index in [1.54, 1.807) is 0 Å². The Morgan fingerprint density at radius 3 is 2.12 bits per heavy atom. The topological polar surface area (TPSA) is 46.4 Å². The van der Waals surface area contributed by atoms with Gasteiger partial charge in [0.25, 0.3) is 0 Å². The molecule has 0 amide bonds. The third kappa shape index (κ3) is 2.68. The Hall–Kier alpha value is -2.62. The smallest absolute Gasteiger partial charge is 0.192 e. The highest BCUT2D eigenvalue weighted by Gasteiger charge is 2.31. The summed E-state index contributed by atoms with van der Waals surface area (Å²) in [6.07, 6.45) is 5.51. The molecule has 2 aliphatic rings. The standard InChI is InChI=1S/C20H22N2O2/c1-21(2)15-9-5-13(6-10-15)17-19(23)18(20(17)24)14-7-11-16(12-8-14)22(3)4/h5-7,9-11H,8,12H2,1-4H3. The Morgan fingerprint density at radius 2 is 1.67 bits per heavy atom. The van der Waals surface area contributed by atoms with Crippen LogP contribution in [0.5, 0.6) is 0 Å². The molecule has 4 nitrogen and oxygen atoms in total. The quantitative estimate of drug-likeness (QED) is 0.616. The van der Waals surface area contributed by atoms with Crippen molar-refractivity contribution in [2.75, 3.05) is 33.1 Å². The van der Waals surface area contributed by atoms with E-state index in [2.05, 4.69) is 4.58 Å². The fourth-order valence-corrected chi connectivity index (χ4v) is 3.08. The van der Waals surface area contributed by atoms with Crippen LogP contribution >= 0.6 is 0 Å². The summed E-state index contributed by atoms with van der Waals surface area (Å²) in [5, 5.41) is 12.5. The van der Waals surface area contributed by atoms with Gasteiger partial charge in [-0.25, -0.2) is 4.58 Å². The molecule has 124 valence electrons. The zero-order chi connectivity index (χ0) is 17.4. The Kier molecular flexibility index (Phi) is 4.14. The molecule has 1 aromatic carbocycles. The third-order valence-corrected chi connectivity index (χ3v) is 4.60. The first-order valence-corrected chi connectivity index (χ1v) is 8.08. The molecule has 24 heavy (non-hydrogen) atoms. The van der Waals surface area contributed by atoms with Crippen molar-refractivity contribution < 1.29 is 14.5 Å². The van der Waals surface area contributed by atoms with Gasteiger partial charge in [0.1, 0.15) is 14.1 Å². The minimum Gasteiger partial charge on any atom is -0.871 e. The lowest BCUT2D eigenvalue weighted by molar-refractivity contribution is -0.464. The fourth-order valence-electron chi connectivity index (χ4n) is 3.08. The second-order valence-corrected chi connectivity index (χ2v) is 6.59. The number of carbonyl (C=O) groups excluding carboxylic acids is 1. The SMILES string of the molecule is CN(C)c1ccc(C2=C([O-])/C(=C3\C=CC(=[N+](C)C)CC3)C2=O)cc1. The van der Waals surface area contributed by atoms with Crippen LogP contribution in [0.15, 0.2) is 53.3 Å². The van der Waals surface area contributed by atoms with Crippen LogP contribution in [0, 0.1) is 0 Å². The number of Topliss-reactive ketones (excluding diaryl/α,β-unsaturated/α-hetero) is 1. The van der Waals surface area contributed by atoms with Crippen molar-refractivity contribution in [3.63, 3.8) is 0 Å². The van der Waals surface area contributed by atoms with Crippen LogP contribution in [0.1, 0.15) is 18.4 Å². The van der Waals surface area contributed by atoms with Crippen molar-refractivity contribution in [2.24, 2.45) is 0 Å². The molecule has 0 aliphatic heterocycles. The lowest BCUT2D eigenvalue weighted by Gasteiger charge is -2.33. The predicted molar refractivity (Wildman–Crippen MR) is 95.2 cm³/mol. The first-order chi connectivity index (χ1) is 11.4. The van der Waals surface area contributed by atoms with Crippen LogP contribution in [-0.4, -0.2) is 44.3 Å². The Balaban J connectivity index is 1.93. The normalized spacial score (nSPS) is 20.3. The van der Waals surface area contributed by atoms with Gasteiger partial charge >= 0.3 is 0 Å². The highest BCUT2D eigenvalue weighted by Crippen LogP contribution is 2.38. The minimum absolute atomic E-state index is 0.120. The van der Waals surface area contributed by atoms with Crippen molar-refractivity contribution in [3.05, 3.63) is 58.9 Å². The Morgan fingerprint density at radius 1 is 1.00 bits per heavy atom. The molecule has 3 rings (SSSR count). The number of carbonyl (C=O) groups is 1. The summed E-state index contributed by atoms with van der Waals surface area (Å²) in [6, 6.07) is 7.53. The monoisotopic (exact) mass is 322 g/mol. The molecule has 2 aliphatic carbocycles. The molecule has 0 saturated heterocycles. The van der Waals surface area contributed by atoms with Gasteiger partial charge in [-0.2, -0.15) is 0 Å². The van der Waals surface area contributed by atoms with Gasteiger partial charge in [-0.1, -0.05) is 24.0 Å². The molecule has 0 fully saturated rings. The van der Waals surface area contributed by atoms with Crippen molar-refractivity contribution in [1.82, 2.24) is 0 Å². The van der Waals surface area contributed by atoms with Crippen LogP contribution < -0.4 is 10.0 Å². The number of anilines is 1. The number of nitrogens with zero attached hydrogens (tertiary/aromatic N) is 2. The molecule has 0 spiro atoms. The number of hydrogen-bond acceptors (Lipinski definition) is 3. The highest BCUT2D eigenvalue weighted by molar-refractivity contribution is 6.39. The van der Waals surface area contributed by atoms with Crippen LogP contribution in [0.2, 0.25) is 0 Å². The van der Waals surface area contributed by atoms with Gasteiger partial charge in [0.15, 0.2) is 11.5 Å². The number of benzene rings is 1. The lowest BCUT2D eigenvalue weighted by Crippen LogP contribution is -2.30. The van der Waals surface area contributed by atoms with Gasteiger partial charge in [-0.3, -0.25) is 4.79 Å². The molecule has 0 unspecified atom stereocenters. The number of ketones is 1. The van der Waals surface area contributed by atoms with Gasteiger partial charge in [0.2, 0.25) is 0 Å². The predicted octanol–water partition coefficient (Wildman–Crippen LogP) is 1.77. The molecule has 0 radical (unpaired) electrons. The van der Waals surface area contributed by atoms with E-state index in [-0.39, 0.29) is 11.5 Å². The van der Waals surface area contributed by atoms with Gasteiger partial charge < -0.3 is 10.0 Å². The van der Waals surface area contributed by atoms with E-state index in [1.807, 2.05) is 69.5 Å². The summed E-state index contributed by atoms with van der Waals surface area (Å²) >= 11 is 0. The molecule has 0 N–H and O–H groups in total. The molecule has 0 saturated carbocycles. The molecule has 0 heterocycles. The summed E-state index contributed by atoms with van der Waals surface area (Å²) in [7, 11) is 7.92. The zero-order valence-corrected chi connectivity index (χ0v) is 14.6. The third-order valence-electron chi connectivity index (χ3n) is 4.60. The summed E-state index contributed by atoms with van der Waals surface area (Å²) in [4.78, 5) is 14.5. The molecule has 4 heteroatoms. The van der Waals surface area contributed by atoms with Crippen molar-refractivity contribution in [1.29, 1.82) is 0 Å². The number of rotatable bonds is 2. The first-order valence-electron chi connectivity index (χ1n) is 8.08. The lowest BCUT2D eigenvalue weighted by atomic mass is 9.79. The summed E-state index contributed by atoms with van der Waals surface area (Å²) < 4.78 is 2.06. The van der Waals surface area contributed by atoms with E-state index in [9.17, 15) is 9.90 Å². The van der Waals surface area contributed by atoms with E-state index in [0.29, 0.717) is 16.7 Å². The van der Waals surface area contributed by atoms with E-state index in [1.165, 1.54) is 5.71 Å². The molecule has 0 bridgehead atoms. The summed E-state index contributed by atoms with van der Waals surface area (Å²) in [6.45, 7) is 0. The molecule has 0 atom stereocenters. The van der Waals surface area contributed by atoms with Crippen molar-refractivity contribution in [2.45, 2.75) is 12.8 Å². The molecular formula is C20H22N2O2. The van der Waals surface area contributed by atoms with Crippen molar-refractivity contribution in [3.8, 4) is 0 Å². The molecule has 1 aromatic rings. The average Bonchev–Trinajstić information content (AvgIpc) is 2.56. The van der Waals surface area contributed by atoms with E-state index in [4.69, 9.17) is 0 Å². The summed E-state index contributed by atoms with van der Waals surface area (Å²) in [5.74, 6) is -0.240. The fraction of sp³-hybridized carbons (Fsp3) is 0.300. The largest absolute Gasteiger partial charge is 0.871 e. The first kappa shape index (κ1) is 16.2. The van der Waals surface area contributed by atoms with Crippen LogP contribution in [0.25, 0.3) is 5.57 Å². The van der Waals surface area contributed by atoms with Gasteiger partial charge in [0.05, 0.1) is 0 Å². The van der Waals surface area contributed by atoms with E-state index in [0.717, 1.165) is 24.1 Å². The second kappa shape index (κ2) is 6.11. The van der Waals surface area contributed by atoms with Gasteiger partial charge in [-0.15, -0.1) is 0 Å². The Bertz CT molecular complexity index is 818. The average molecular weight is 322 g/mol. The van der Waals surface area contributed by atoms with Crippen molar-refractivity contribution >= 4 is 22.8 Å². The molecule has 0 aromatic heterocycles. The molecular weight excluding hydrogens is 300 g/mol. The van der Waals surface area contributed by atoms with Gasteiger partial charge in [0, 0.05) is 43.4 Å². The second-order valence-electron chi connectivity index (χ2n) is 6.59. The van der Waals surface area contributed by atoms with Gasteiger partial charge in [-0.05, 0) is 29.7 Å². The van der Waals surface area contributed by atoms with Crippen LogP contribution in [0.3, 0.4) is 0 Å². The van der Waals surface area contributed by atoms with E-state index < -0.39 is 0 Å². The zero-order valence-electron chi connectivity index (χ0n) is 14.6. The van der Waals surface area contributed by atoms with E-state index >= 15 is 0 Å². The maximum absolute atomic E-state index is 12.5. The highest BCUT2D eigenvalue weighted by atomic mass is 16.3. The Labute approximate surface area is 142 Å². The maximum Gasteiger partial charge on any atom is 0.192 e. The maximum atomic E-state index is 12.5. The van der Waals surface area contributed by atoms with Crippen LogP contribution in [-0.2, 0) is 4.79 Å². The number of hydrogen-bond donors (Lipinski definition) is 0.